The van der Waals surface area contributed by atoms with Crippen LogP contribution in [0.1, 0.15) is 20.8 Å². The highest BCUT2D eigenvalue weighted by molar-refractivity contribution is 5.81. The summed E-state index contributed by atoms with van der Waals surface area (Å²) in [4.78, 5) is 12.8. The molecular formula is C10H19NO3. The van der Waals surface area contributed by atoms with Gasteiger partial charge in [0.1, 0.15) is 0 Å². The Morgan fingerprint density at radius 2 is 2.21 bits per heavy atom. The second-order valence-electron chi connectivity index (χ2n) is 3.18. The van der Waals surface area contributed by atoms with E-state index in [9.17, 15) is 9.90 Å². The Kier molecular flexibility index (Phi) is 6.16. The standard InChI is InChI=1S/C10H19NO3/c1-5-10(13)14-9(4)11(6-2)7-8(3)12/h5,8-9,12H,1,6-7H2,2-4H3. The molecule has 0 saturated carbocycles. The lowest BCUT2D eigenvalue weighted by Crippen LogP contribution is -2.40. The van der Waals surface area contributed by atoms with Crippen LogP contribution >= 0.6 is 0 Å². The predicted molar refractivity (Wildman–Crippen MR) is 54.7 cm³/mol. The molecular weight excluding hydrogens is 182 g/mol. The molecule has 0 aromatic carbocycles. The normalized spacial score (nSPS) is 14.9. The van der Waals surface area contributed by atoms with Crippen molar-refractivity contribution in [3.63, 3.8) is 0 Å². The molecule has 0 aliphatic carbocycles. The van der Waals surface area contributed by atoms with Crippen molar-refractivity contribution in [2.75, 3.05) is 13.1 Å². The van der Waals surface area contributed by atoms with Gasteiger partial charge >= 0.3 is 5.97 Å². The Hall–Kier alpha value is -0.870. The molecule has 2 unspecified atom stereocenters. The monoisotopic (exact) mass is 201 g/mol. The molecule has 4 heteroatoms. The second-order valence-corrected chi connectivity index (χ2v) is 3.18. The van der Waals surface area contributed by atoms with E-state index in [0.717, 1.165) is 12.6 Å². The van der Waals surface area contributed by atoms with Gasteiger partial charge in [-0.25, -0.2) is 4.79 Å². The lowest BCUT2D eigenvalue weighted by Gasteiger charge is -2.27. The fourth-order valence-electron chi connectivity index (χ4n) is 1.16. The number of aliphatic hydroxyl groups is 1. The second kappa shape index (κ2) is 6.56. The van der Waals surface area contributed by atoms with Gasteiger partial charge in [-0.3, -0.25) is 4.90 Å². The molecule has 0 saturated heterocycles. The van der Waals surface area contributed by atoms with E-state index >= 15 is 0 Å². The molecule has 0 rings (SSSR count). The number of aliphatic hydroxyl groups excluding tert-OH is 1. The predicted octanol–water partition coefficient (Wildman–Crippen LogP) is 0.764. The van der Waals surface area contributed by atoms with Gasteiger partial charge in [-0.2, -0.15) is 0 Å². The molecule has 2 atom stereocenters. The van der Waals surface area contributed by atoms with E-state index in [1.807, 2.05) is 11.8 Å². The van der Waals surface area contributed by atoms with Crippen molar-refractivity contribution in [1.82, 2.24) is 4.90 Å². The fraction of sp³-hybridized carbons (Fsp3) is 0.700. The minimum absolute atomic E-state index is 0.333. The zero-order valence-corrected chi connectivity index (χ0v) is 9.06. The van der Waals surface area contributed by atoms with Gasteiger partial charge in [0.25, 0.3) is 0 Å². The summed E-state index contributed by atoms with van der Waals surface area (Å²) in [5.74, 6) is -0.443. The summed E-state index contributed by atoms with van der Waals surface area (Å²) in [6, 6.07) is 0. The molecule has 0 amide bonds. The Morgan fingerprint density at radius 3 is 2.57 bits per heavy atom. The number of likely N-dealkylation sites (N-methyl/N-ethyl adjacent to an activating group) is 1. The van der Waals surface area contributed by atoms with E-state index in [1.54, 1.807) is 13.8 Å². The number of hydrogen-bond acceptors (Lipinski definition) is 4. The molecule has 4 nitrogen and oxygen atoms in total. The van der Waals surface area contributed by atoms with Crippen LogP contribution in [0.4, 0.5) is 0 Å². The molecule has 1 N–H and O–H groups in total. The van der Waals surface area contributed by atoms with Crippen LogP contribution in [0.15, 0.2) is 12.7 Å². The van der Waals surface area contributed by atoms with Gasteiger partial charge in [0.2, 0.25) is 0 Å². The molecule has 0 bridgehead atoms. The topological polar surface area (TPSA) is 49.8 Å². The number of hydrogen-bond donors (Lipinski definition) is 1. The van der Waals surface area contributed by atoms with E-state index in [0.29, 0.717) is 6.54 Å². The summed E-state index contributed by atoms with van der Waals surface area (Å²) in [6.45, 7) is 9.94. The summed E-state index contributed by atoms with van der Waals surface area (Å²) < 4.78 is 5.01. The van der Waals surface area contributed by atoms with Crippen molar-refractivity contribution < 1.29 is 14.6 Å². The van der Waals surface area contributed by atoms with Gasteiger partial charge in [-0.1, -0.05) is 13.5 Å². The molecule has 0 aliphatic heterocycles. The lowest BCUT2D eigenvalue weighted by molar-refractivity contribution is -0.152. The van der Waals surface area contributed by atoms with Gasteiger partial charge < -0.3 is 9.84 Å². The van der Waals surface area contributed by atoms with E-state index in [1.165, 1.54) is 0 Å². The number of rotatable bonds is 6. The molecule has 0 spiro atoms. The van der Waals surface area contributed by atoms with Crippen LogP contribution in [-0.4, -0.2) is 41.4 Å². The SMILES string of the molecule is C=CC(=O)OC(C)N(CC)CC(C)O. The van der Waals surface area contributed by atoms with E-state index in [-0.39, 0.29) is 6.23 Å². The van der Waals surface area contributed by atoms with E-state index < -0.39 is 12.1 Å². The van der Waals surface area contributed by atoms with Crippen molar-refractivity contribution in [2.45, 2.75) is 33.1 Å². The first-order valence-electron chi connectivity index (χ1n) is 4.76. The van der Waals surface area contributed by atoms with Crippen molar-refractivity contribution in [3.8, 4) is 0 Å². The highest BCUT2D eigenvalue weighted by Gasteiger charge is 2.16. The quantitative estimate of drug-likeness (QED) is 0.391. The van der Waals surface area contributed by atoms with Crippen LogP contribution in [0.3, 0.4) is 0 Å². The number of carbonyl (C=O) groups excluding carboxylic acids is 1. The Labute approximate surface area is 85.2 Å². The first-order valence-corrected chi connectivity index (χ1v) is 4.76. The summed E-state index contributed by atoms with van der Waals surface area (Å²) >= 11 is 0. The van der Waals surface area contributed by atoms with Crippen LogP contribution in [0, 0.1) is 0 Å². The zero-order chi connectivity index (χ0) is 11.1. The molecule has 82 valence electrons. The van der Waals surface area contributed by atoms with Crippen molar-refractivity contribution in [1.29, 1.82) is 0 Å². The minimum Gasteiger partial charge on any atom is -0.443 e. The van der Waals surface area contributed by atoms with Crippen LogP contribution < -0.4 is 0 Å². The van der Waals surface area contributed by atoms with Crippen LogP contribution in [0.2, 0.25) is 0 Å². The van der Waals surface area contributed by atoms with Crippen LogP contribution in [0.25, 0.3) is 0 Å². The van der Waals surface area contributed by atoms with E-state index in [2.05, 4.69) is 6.58 Å². The molecule has 0 aromatic heterocycles. The summed E-state index contributed by atoms with van der Waals surface area (Å²) in [5, 5.41) is 9.19. The lowest BCUT2D eigenvalue weighted by atomic mass is 10.3. The van der Waals surface area contributed by atoms with Crippen molar-refractivity contribution in [2.24, 2.45) is 0 Å². The zero-order valence-electron chi connectivity index (χ0n) is 9.06. The first-order chi connectivity index (χ1) is 6.51. The Morgan fingerprint density at radius 1 is 1.64 bits per heavy atom. The summed E-state index contributed by atoms with van der Waals surface area (Å²) in [5.41, 5.74) is 0. The third-order valence-corrected chi connectivity index (χ3v) is 1.87. The maximum absolute atomic E-state index is 10.9. The first kappa shape index (κ1) is 13.1. The molecule has 0 fully saturated rings. The molecule has 14 heavy (non-hydrogen) atoms. The Balaban J connectivity index is 4.09. The van der Waals surface area contributed by atoms with Crippen molar-refractivity contribution >= 4 is 5.97 Å². The molecule has 0 aromatic rings. The Bertz CT molecular complexity index is 192. The van der Waals surface area contributed by atoms with Gasteiger partial charge in [-0.15, -0.1) is 0 Å². The van der Waals surface area contributed by atoms with Crippen molar-refractivity contribution in [3.05, 3.63) is 12.7 Å². The van der Waals surface area contributed by atoms with Gasteiger partial charge in [0.05, 0.1) is 6.10 Å². The number of esters is 1. The maximum atomic E-state index is 10.9. The summed E-state index contributed by atoms with van der Waals surface area (Å²) in [6.07, 6.45) is 0.368. The molecule has 0 heterocycles. The van der Waals surface area contributed by atoms with E-state index in [4.69, 9.17) is 4.74 Å². The largest absolute Gasteiger partial charge is 0.443 e. The smallest absolute Gasteiger partial charge is 0.331 e. The number of nitrogens with zero attached hydrogens (tertiary/aromatic N) is 1. The molecule has 0 radical (unpaired) electrons. The highest BCUT2D eigenvalue weighted by atomic mass is 16.6. The minimum atomic E-state index is -0.443. The van der Waals surface area contributed by atoms with Crippen LogP contribution in [-0.2, 0) is 9.53 Å². The van der Waals surface area contributed by atoms with Gasteiger partial charge in [-0.05, 0) is 20.4 Å². The highest BCUT2D eigenvalue weighted by Crippen LogP contribution is 2.02. The summed E-state index contributed by atoms with van der Waals surface area (Å²) in [7, 11) is 0. The van der Waals surface area contributed by atoms with Gasteiger partial charge in [0, 0.05) is 12.6 Å². The van der Waals surface area contributed by atoms with Crippen LogP contribution in [0.5, 0.6) is 0 Å². The third kappa shape index (κ3) is 4.99. The average molecular weight is 201 g/mol. The number of carbonyl (C=O) groups is 1. The maximum Gasteiger partial charge on any atom is 0.331 e. The average Bonchev–Trinajstić information content (AvgIpc) is 2.13. The number of ether oxygens (including phenoxy) is 1. The van der Waals surface area contributed by atoms with Gasteiger partial charge in [0.15, 0.2) is 6.23 Å². The fourth-order valence-corrected chi connectivity index (χ4v) is 1.16. The molecule has 0 aliphatic rings. The third-order valence-electron chi connectivity index (χ3n) is 1.87.